The largest absolute Gasteiger partial charge is 0.310 e. The summed E-state index contributed by atoms with van der Waals surface area (Å²) in [5, 5.41) is 12.5. The Balaban J connectivity index is 1.51. The van der Waals surface area contributed by atoms with Crippen LogP contribution in [0.5, 0.6) is 0 Å². The van der Waals surface area contributed by atoms with E-state index in [9.17, 15) is 9.59 Å². The van der Waals surface area contributed by atoms with E-state index in [1.165, 1.54) is 10.9 Å². The van der Waals surface area contributed by atoms with Gasteiger partial charge in [-0.2, -0.15) is 19.9 Å². The maximum absolute atomic E-state index is 12.7. The van der Waals surface area contributed by atoms with Crippen LogP contribution >= 0.6 is 11.6 Å². The molecule has 10 heteroatoms. The summed E-state index contributed by atoms with van der Waals surface area (Å²) in [6.07, 6.45) is 1.63. The van der Waals surface area contributed by atoms with Crippen molar-refractivity contribution in [3.05, 3.63) is 93.5 Å². The number of para-hydroxylation sites is 1. The number of nitrogens with one attached hydrogen (secondary N) is 2. The molecule has 0 aliphatic heterocycles. The van der Waals surface area contributed by atoms with E-state index < -0.39 is 0 Å². The molecule has 0 bridgehead atoms. The Bertz CT molecular complexity index is 1520. The van der Waals surface area contributed by atoms with Gasteiger partial charge in [-0.15, -0.1) is 0 Å². The van der Waals surface area contributed by atoms with Crippen LogP contribution in [-0.2, 0) is 11.2 Å². The summed E-state index contributed by atoms with van der Waals surface area (Å²) in [6, 6.07) is 18.2. The lowest BCUT2D eigenvalue weighted by Crippen LogP contribution is -2.20. The number of aromatic amines is 1. The number of amides is 1. The first-order valence-corrected chi connectivity index (χ1v) is 10.5. The monoisotopic (exact) mass is 459 g/mol. The number of carbonyl (C=O) groups is 1. The Morgan fingerprint density at radius 2 is 1.85 bits per heavy atom. The van der Waals surface area contributed by atoms with Gasteiger partial charge in [0.2, 0.25) is 11.9 Å². The molecule has 0 radical (unpaired) electrons. The van der Waals surface area contributed by atoms with E-state index in [1.807, 2.05) is 30.3 Å². The van der Waals surface area contributed by atoms with Crippen molar-refractivity contribution in [2.24, 2.45) is 0 Å². The zero-order valence-electron chi connectivity index (χ0n) is 17.5. The van der Waals surface area contributed by atoms with Crippen LogP contribution in [0.2, 0.25) is 5.02 Å². The number of carbonyl (C=O) groups excluding carboxylic acids is 1. The van der Waals surface area contributed by atoms with E-state index in [1.54, 1.807) is 41.9 Å². The molecule has 2 N–H and O–H groups in total. The summed E-state index contributed by atoms with van der Waals surface area (Å²) in [5.74, 6) is 0.316. The lowest BCUT2D eigenvalue weighted by molar-refractivity contribution is -0.115. The van der Waals surface area contributed by atoms with Gasteiger partial charge in [0.25, 0.3) is 5.56 Å². The molecule has 3 aromatic heterocycles. The summed E-state index contributed by atoms with van der Waals surface area (Å²) >= 11 is 5.91. The van der Waals surface area contributed by atoms with Crippen LogP contribution in [0.3, 0.4) is 0 Å². The molecule has 0 unspecified atom stereocenters. The predicted molar refractivity (Wildman–Crippen MR) is 125 cm³/mol. The van der Waals surface area contributed by atoms with E-state index in [-0.39, 0.29) is 23.8 Å². The highest BCUT2D eigenvalue weighted by Gasteiger charge is 2.17. The molecule has 0 fully saturated rings. The van der Waals surface area contributed by atoms with Crippen molar-refractivity contribution in [2.45, 2.75) is 13.3 Å². The second-order valence-corrected chi connectivity index (χ2v) is 7.89. The van der Waals surface area contributed by atoms with Crippen molar-refractivity contribution >= 4 is 34.4 Å². The van der Waals surface area contributed by atoms with E-state index in [2.05, 4.69) is 25.5 Å². The van der Waals surface area contributed by atoms with Gasteiger partial charge in [-0.25, -0.2) is 4.68 Å². The van der Waals surface area contributed by atoms with Gasteiger partial charge in [0, 0.05) is 11.1 Å². The first kappa shape index (κ1) is 20.7. The van der Waals surface area contributed by atoms with Crippen LogP contribution in [0.25, 0.3) is 22.7 Å². The van der Waals surface area contributed by atoms with Crippen molar-refractivity contribution in [3.63, 3.8) is 0 Å². The fourth-order valence-electron chi connectivity index (χ4n) is 3.49. The third-order valence-electron chi connectivity index (χ3n) is 5.00. The third kappa shape index (κ3) is 4.13. The molecule has 2 aromatic carbocycles. The van der Waals surface area contributed by atoms with Crippen molar-refractivity contribution in [2.75, 3.05) is 5.32 Å². The topological polar surface area (TPSA) is 110 Å². The number of benzene rings is 2. The number of fused-ring (bicyclic) bond motifs is 1. The summed E-state index contributed by atoms with van der Waals surface area (Å²) in [7, 11) is 0. The number of hydrogen-bond acceptors (Lipinski definition) is 5. The Labute approximate surface area is 192 Å². The average molecular weight is 460 g/mol. The second-order valence-electron chi connectivity index (χ2n) is 7.45. The minimum absolute atomic E-state index is 0.158. The van der Waals surface area contributed by atoms with Crippen LogP contribution in [-0.4, -0.2) is 35.4 Å². The molecule has 9 nitrogen and oxygen atoms in total. The molecule has 0 saturated heterocycles. The molecule has 164 valence electrons. The minimum Gasteiger partial charge on any atom is -0.310 e. The molecular formula is C23H18ClN7O2. The Kier molecular flexibility index (Phi) is 5.23. The molecule has 0 aliphatic carbocycles. The highest BCUT2D eigenvalue weighted by atomic mass is 35.5. The van der Waals surface area contributed by atoms with Gasteiger partial charge in [-0.3, -0.25) is 14.6 Å². The number of rotatable bonds is 5. The van der Waals surface area contributed by atoms with E-state index in [0.717, 1.165) is 11.3 Å². The van der Waals surface area contributed by atoms with Crippen molar-refractivity contribution in [3.8, 4) is 11.6 Å². The van der Waals surface area contributed by atoms with Crippen molar-refractivity contribution in [1.82, 2.24) is 29.5 Å². The summed E-state index contributed by atoms with van der Waals surface area (Å²) in [5.41, 5.74) is 2.26. The fourth-order valence-corrected chi connectivity index (χ4v) is 3.62. The summed E-state index contributed by atoms with van der Waals surface area (Å²) in [4.78, 5) is 32.7. The smallest absolute Gasteiger partial charge is 0.263 e. The molecule has 1 amide bonds. The lowest BCUT2D eigenvalue weighted by atomic mass is 10.1. The van der Waals surface area contributed by atoms with E-state index >= 15 is 0 Å². The van der Waals surface area contributed by atoms with E-state index in [0.29, 0.717) is 27.6 Å². The van der Waals surface area contributed by atoms with Gasteiger partial charge < -0.3 is 5.32 Å². The van der Waals surface area contributed by atoms with Gasteiger partial charge in [0.1, 0.15) is 11.2 Å². The minimum atomic E-state index is -0.358. The Morgan fingerprint density at radius 1 is 1.09 bits per heavy atom. The molecule has 0 saturated carbocycles. The number of anilines is 1. The van der Waals surface area contributed by atoms with Gasteiger partial charge in [0.05, 0.1) is 24.0 Å². The molecule has 3 heterocycles. The quantitative estimate of drug-likeness (QED) is 0.418. The van der Waals surface area contributed by atoms with Crippen molar-refractivity contribution < 1.29 is 4.79 Å². The summed E-state index contributed by atoms with van der Waals surface area (Å²) < 4.78 is 2.99. The van der Waals surface area contributed by atoms with Gasteiger partial charge in [-0.1, -0.05) is 41.9 Å². The van der Waals surface area contributed by atoms with Crippen molar-refractivity contribution in [1.29, 1.82) is 0 Å². The zero-order valence-corrected chi connectivity index (χ0v) is 18.2. The number of hydrogen-bond donors (Lipinski definition) is 2. The van der Waals surface area contributed by atoms with Crippen LogP contribution in [0.15, 0.2) is 71.7 Å². The maximum Gasteiger partial charge on any atom is 0.263 e. The second kappa shape index (κ2) is 8.36. The average Bonchev–Trinajstić information content (AvgIpc) is 3.39. The molecule has 0 spiro atoms. The van der Waals surface area contributed by atoms with Crippen LogP contribution in [0.1, 0.15) is 11.3 Å². The predicted octanol–water partition coefficient (Wildman–Crippen LogP) is 3.44. The number of H-pyrrole nitrogens is 1. The third-order valence-corrected chi connectivity index (χ3v) is 5.26. The number of aryl methyl sites for hydroxylation is 1. The summed E-state index contributed by atoms with van der Waals surface area (Å²) in [6.45, 7) is 1.79. The highest BCUT2D eigenvalue weighted by molar-refractivity contribution is 6.30. The van der Waals surface area contributed by atoms with Gasteiger partial charge in [-0.05, 0) is 36.8 Å². The first-order valence-electron chi connectivity index (χ1n) is 10.1. The fraction of sp³-hybridized carbons (Fsp3) is 0.0870. The van der Waals surface area contributed by atoms with Crippen LogP contribution in [0, 0.1) is 6.92 Å². The Hall–Kier alpha value is -4.24. The van der Waals surface area contributed by atoms with Crippen LogP contribution < -0.4 is 10.9 Å². The SMILES string of the molecule is Cc1cc(NC(=O)Cc2ccc(Cl)cc2)n(-c2nc3c(cnn3-c3ccccc3)c(=O)[nH]2)n1. The van der Waals surface area contributed by atoms with Gasteiger partial charge in [0.15, 0.2) is 5.65 Å². The van der Waals surface area contributed by atoms with Crippen LogP contribution in [0.4, 0.5) is 5.82 Å². The Morgan fingerprint density at radius 3 is 2.61 bits per heavy atom. The number of nitrogens with zero attached hydrogens (tertiary/aromatic N) is 5. The molecule has 33 heavy (non-hydrogen) atoms. The zero-order chi connectivity index (χ0) is 22.9. The molecule has 0 aliphatic rings. The molecule has 0 atom stereocenters. The van der Waals surface area contributed by atoms with E-state index in [4.69, 9.17) is 11.6 Å². The molecule has 5 rings (SSSR count). The highest BCUT2D eigenvalue weighted by Crippen LogP contribution is 2.18. The molecular weight excluding hydrogens is 442 g/mol. The lowest BCUT2D eigenvalue weighted by Gasteiger charge is -2.09. The maximum atomic E-state index is 12.7. The number of halogens is 1. The standard InChI is InChI=1S/C23H18ClN7O2/c1-14-11-19(26-20(32)12-15-7-9-16(24)10-8-15)31(29-14)23-27-21-18(22(33)28-23)13-25-30(21)17-5-3-2-4-6-17/h2-11,13H,12H2,1H3,(H,26,32)(H,27,28,33). The number of aromatic nitrogens is 6. The normalized spacial score (nSPS) is 11.1. The molecule has 5 aromatic rings. The van der Waals surface area contributed by atoms with Gasteiger partial charge >= 0.3 is 0 Å². The first-order chi connectivity index (χ1) is 16.0.